The Balaban J connectivity index is 2.09. The van der Waals surface area contributed by atoms with Gasteiger partial charge in [-0.3, -0.25) is 4.79 Å². The zero-order valence-corrected chi connectivity index (χ0v) is 7.40. The number of hydrogen-bond acceptors (Lipinski definition) is 4. The van der Waals surface area contributed by atoms with E-state index in [0.717, 1.165) is 5.56 Å². The third-order valence-corrected chi connectivity index (χ3v) is 1.91. The zero-order chi connectivity index (χ0) is 9.97. The van der Waals surface area contributed by atoms with Crippen LogP contribution in [0.5, 0.6) is 11.6 Å². The lowest BCUT2D eigenvalue weighted by Gasteiger charge is -1.99. The summed E-state index contributed by atoms with van der Waals surface area (Å²) in [5.41, 5.74) is 0.844. The molecule has 0 bridgehead atoms. The number of aromatic nitrogens is 1. The van der Waals surface area contributed by atoms with Crippen LogP contribution in [-0.2, 0) is 11.2 Å². The van der Waals surface area contributed by atoms with E-state index in [-0.39, 0.29) is 13.2 Å². The van der Waals surface area contributed by atoms with Crippen molar-refractivity contribution in [3.05, 3.63) is 17.8 Å². The Hall–Kier alpha value is -1.78. The van der Waals surface area contributed by atoms with Crippen LogP contribution in [0.4, 0.5) is 0 Å². The minimum Gasteiger partial charge on any atom is -0.481 e. The molecule has 0 spiro atoms. The molecule has 5 nitrogen and oxygen atoms in total. The molecule has 0 saturated carbocycles. The van der Waals surface area contributed by atoms with Crippen LogP contribution in [0.15, 0.2) is 12.3 Å². The molecule has 1 aliphatic rings. The van der Waals surface area contributed by atoms with Crippen LogP contribution in [0.1, 0.15) is 12.0 Å². The fraction of sp³-hybridized carbons (Fsp3) is 0.333. The van der Waals surface area contributed by atoms with Gasteiger partial charge in [-0.25, -0.2) is 4.98 Å². The summed E-state index contributed by atoms with van der Waals surface area (Å²) in [5, 5.41) is 8.49. The van der Waals surface area contributed by atoms with E-state index in [2.05, 4.69) is 4.98 Å². The number of carbonyl (C=O) groups is 1. The van der Waals surface area contributed by atoms with Crippen molar-refractivity contribution < 1.29 is 19.4 Å². The van der Waals surface area contributed by atoms with E-state index < -0.39 is 5.97 Å². The standard InChI is InChI=1S/C9H9NO4/c11-8(12)2-1-6-3-7-9(10-4-6)14-5-13-7/h3-4H,1-2,5H2,(H,11,12). The van der Waals surface area contributed by atoms with Crippen molar-refractivity contribution in [2.45, 2.75) is 12.8 Å². The fourth-order valence-corrected chi connectivity index (χ4v) is 1.22. The molecule has 0 aromatic carbocycles. The fourth-order valence-electron chi connectivity index (χ4n) is 1.22. The third-order valence-electron chi connectivity index (χ3n) is 1.91. The number of carboxylic acid groups (broad SMARTS) is 1. The van der Waals surface area contributed by atoms with Crippen LogP contribution in [0, 0.1) is 0 Å². The van der Waals surface area contributed by atoms with Crippen molar-refractivity contribution in [3.8, 4) is 11.6 Å². The van der Waals surface area contributed by atoms with Gasteiger partial charge in [-0.1, -0.05) is 0 Å². The second kappa shape index (κ2) is 3.53. The van der Waals surface area contributed by atoms with Crippen molar-refractivity contribution in [3.63, 3.8) is 0 Å². The van der Waals surface area contributed by atoms with E-state index in [1.54, 1.807) is 12.3 Å². The van der Waals surface area contributed by atoms with Gasteiger partial charge in [0.1, 0.15) is 0 Å². The van der Waals surface area contributed by atoms with E-state index in [9.17, 15) is 4.79 Å². The highest BCUT2D eigenvalue weighted by atomic mass is 16.7. The topological polar surface area (TPSA) is 68.7 Å². The Morgan fingerprint density at radius 3 is 3.21 bits per heavy atom. The van der Waals surface area contributed by atoms with Gasteiger partial charge < -0.3 is 14.6 Å². The SMILES string of the molecule is O=C(O)CCc1cnc2c(c1)OCO2. The molecule has 0 atom stereocenters. The van der Waals surface area contributed by atoms with Crippen molar-refractivity contribution in [2.75, 3.05) is 6.79 Å². The van der Waals surface area contributed by atoms with Gasteiger partial charge >= 0.3 is 5.97 Å². The lowest BCUT2D eigenvalue weighted by atomic mass is 10.1. The van der Waals surface area contributed by atoms with Crippen LogP contribution in [0.3, 0.4) is 0 Å². The molecule has 1 N–H and O–H groups in total. The van der Waals surface area contributed by atoms with Crippen LogP contribution in [-0.4, -0.2) is 22.9 Å². The summed E-state index contributed by atoms with van der Waals surface area (Å²) >= 11 is 0. The highest BCUT2D eigenvalue weighted by Gasteiger charge is 2.14. The quantitative estimate of drug-likeness (QED) is 0.773. The number of hydrogen-bond donors (Lipinski definition) is 1. The Labute approximate surface area is 80.3 Å². The van der Waals surface area contributed by atoms with Gasteiger partial charge in [0.25, 0.3) is 5.88 Å². The predicted octanol–water partition coefficient (Wildman–Crippen LogP) is 0.827. The number of carboxylic acids is 1. The molecule has 0 radical (unpaired) electrons. The Kier molecular flexibility index (Phi) is 2.22. The molecule has 1 aliphatic heterocycles. The summed E-state index contributed by atoms with van der Waals surface area (Å²) in [6, 6.07) is 1.76. The van der Waals surface area contributed by atoms with Crippen LogP contribution >= 0.6 is 0 Å². The molecule has 5 heteroatoms. The summed E-state index contributed by atoms with van der Waals surface area (Å²) in [6.07, 6.45) is 2.16. The summed E-state index contributed by atoms with van der Waals surface area (Å²) < 4.78 is 10.1. The third kappa shape index (κ3) is 1.76. The molecular formula is C9H9NO4. The number of aliphatic carboxylic acids is 1. The highest BCUT2D eigenvalue weighted by molar-refractivity contribution is 5.67. The highest BCUT2D eigenvalue weighted by Crippen LogP contribution is 2.29. The van der Waals surface area contributed by atoms with Gasteiger partial charge in [-0.15, -0.1) is 0 Å². The molecule has 0 unspecified atom stereocenters. The average Bonchev–Trinajstić information content (AvgIpc) is 2.61. The Morgan fingerprint density at radius 2 is 2.43 bits per heavy atom. The predicted molar refractivity (Wildman–Crippen MR) is 46.3 cm³/mol. The lowest BCUT2D eigenvalue weighted by Crippen LogP contribution is -1.97. The Morgan fingerprint density at radius 1 is 1.57 bits per heavy atom. The van der Waals surface area contributed by atoms with Crippen molar-refractivity contribution in [1.29, 1.82) is 0 Å². The lowest BCUT2D eigenvalue weighted by molar-refractivity contribution is -0.136. The second-order valence-corrected chi connectivity index (χ2v) is 2.95. The van der Waals surface area contributed by atoms with E-state index in [1.807, 2.05) is 0 Å². The van der Waals surface area contributed by atoms with Gasteiger partial charge in [-0.05, 0) is 18.1 Å². The second-order valence-electron chi connectivity index (χ2n) is 2.95. The molecule has 0 fully saturated rings. The number of ether oxygens (including phenoxy) is 2. The summed E-state index contributed by atoms with van der Waals surface area (Å²) in [5.74, 6) is 0.250. The monoisotopic (exact) mass is 195 g/mol. The summed E-state index contributed by atoms with van der Waals surface area (Å²) in [6.45, 7) is 0.185. The number of rotatable bonds is 3. The molecular weight excluding hydrogens is 186 g/mol. The number of pyridine rings is 1. The van der Waals surface area contributed by atoms with Crippen LogP contribution < -0.4 is 9.47 Å². The van der Waals surface area contributed by atoms with E-state index in [0.29, 0.717) is 18.1 Å². The first-order valence-corrected chi connectivity index (χ1v) is 4.22. The van der Waals surface area contributed by atoms with Gasteiger partial charge in [-0.2, -0.15) is 0 Å². The summed E-state index contributed by atoms with van der Waals surface area (Å²) in [4.78, 5) is 14.3. The molecule has 0 saturated heterocycles. The first kappa shape index (κ1) is 8.80. The van der Waals surface area contributed by atoms with Gasteiger partial charge in [0.05, 0.1) is 0 Å². The number of nitrogens with zero attached hydrogens (tertiary/aromatic N) is 1. The van der Waals surface area contributed by atoms with Crippen molar-refractivity contribution in [1.82, 2.24) is 4.98 Å². The molecule has 0 aliphatic carbocycles. The number of aryl methyl sites for hydroxylation is 1. The van der Waals surface area contributed by atoms with Gasteiger partial charge in [0.2, 0.25) is 6.79 Å². The van der Waals surface area contributed by atoms with Crippen molar-refractivity contribution in [2.24, 2.45) is 0 Å². The molecule has 14 heavy (non-hydrogen) atoms. The smallest absolute Gasteiger partial charge is 0.303 e. The molecule has 74 valence electrons. The first-order valence-electron chi connectivity index (χ1n) is 4.22. The van der Waals surface area contributed by atoms with Gasteiger partial charge in [0, 0.05) is 12.6 Å². The average molecular weight is 195 g/mol. The largest absolute Gasteiger partial charge is 0.481 e. The normalized spacial score (nSPS) is 12.9. The van der Waals surface area contributed by atoms with E-state index in [1.165, 1.54) is 0 Å². The molecule has 2 rings (SSSR count). The molecule has 0 amide bonds. The van der Waals surface area contributed by atoms with E-state index in [4.69, 9.17) is 14.6 Å². The van der Waals surface area contributed by atoms with E-state index >= 15 is 0 Å². The first-order chi connectivity index (χ1) is 6.75. The molecule has 2 heterocycles. The maximum atomic E-state index is 10.3. The van der Waals surface area contributed by atoms with Gasteiger partial charge in [0.15, 0.2) is 5.75 Å². The maximum Gasteiger partial charge on any atom is 0.303 e. The molecule has 1 aromatic rings. The maximum absolute atomic E-state index is 10.3. The molecule has 1 aromatic heterocycles. The summed E-state index contributed by atoms with van der Waals surface area (Å²) in [7, 11) is 0. The van der Waals surface area contributed by atoms with Crippen LogP contribution in [0.25, 0.3) is 0 Å². The Bertz CT molecular complexity index is 364. The van der Waals surface area contributed by atoms with Crippen molar-refractivity contribution >= 4 is 5.97 Å². The van der Waals surface area contributed by atoms with Crippen LogP contribution in [0.2, 0.25) is 0 Å². The number of fused-ring (bicyclic) bond motifs is 1. The minimum absolute atomic E-state index is 0.0985. The minimum atomic E-state index is -0.817. The zero-order valence-electron chi connectivity index (χ0n) is 7.40.